The highest BCUT2D eigenvalue weighted by molar-refractivity contribution is 6.39. The van der Waals surface area contributed by atoms with E-state index in [1.165, 1.54) is 0 Å². The number of hydrogen-bond acceptors (Lipinski definition) is 5. The summed E-state index contributed by atoms with van der Waals surface area (Å²) in [6, 6.07) is 2.22. The Morgan fingerprint density at radius 1 is 1.45 bits per heavy atom. The fraction of sp³-hybridized carbons (Fsp3) is 0.364. The maximum atomic E-state index is 11.4. The highest BCUT2D eigenvalue weighted by atomic mass is 35.5. The molecule has 1 fully saturated rings. The second-order valence-electron chi connectivity index (χ2n) is 4.36. The van der Waals surface area contributed by atoms with Gasteiger partial charge in [-0.15, -0.1) is 0 Å². The van der Waals surface area contributed by atoms with Gasteiger partial charge in [0.05, 0.1) is 27.3 Å². The summed E-state index contributed by atoms with van der Waals surface area (Å²) < 4.78 is 5.10. The number of carboxylic acids is 1. The molecule has 1 aromatic rings. The fourth-order valence-corrected chi connectivity index (χ4v) is 2.48. The molecule has 0 amide bonds. The van der Waals surface area contributed by atoms with Crippen molar-refractivity contribution in [1.29, 1.82) is 0 Å². The minimum atomic E-state index is -1.33. The second-order valence-corrected chi connectivity index (χ2v) is 5.17. The molecule has 2 rings (SSSR count). The quantitative estimate of drug-likeness (QED) is 0.653. The number of nitro groups is 1. The van der Waals surface area contributed by atoms with E-state index in [1.54, 1.807) is 0 Å². The maximum absolute atomic E-state index is 11.4. The lowest BCUT2D eigenvalue weighted by Crippen LogP contribution is -2.47. The molecule has 0 bridgehead atoms. The van der Waals surface area contributed by atoms with Gasteiger partial charge in [-0.25, -0.2) is 4.79 Å². The number of benzene rings is 1. The minimum absolute atomic E-state index is 0.0169. The van der Waals surface area contributed by atoms with E-state index in [4.69, 9.17) is 27.9 Å². The predicted molar refractivity (Wildman–Crippen MR) is 72.5 cm³/mol. The predicted octanol–water partition coefficient (Wildman–Crippen LogP) is 2.56. The Hall–Kier alpha value is -1.57. The number of aliphatic carboxylic acids is 1. The van der Waals surface area contributed by atoms with Gasteiger partial charge in [0.25, 0.3) is 5.69 Å². The Balaban J connectivity index is 2.38. The summed E-state index contributed by atoms with van der Waals surface area (Å²) in [5.41, 5.74) is -1.45. The third-order valence-corrected chi connectivity index (χ3v) is 3.63. The molecular weight excluding hydrogens is 311 g/mol. The van der Waals surface area contributed by atoms with Gasteiger partial charge in [0.1, 0.15) is 0 Å². The number of hydrogen-bond donors (Lipinski definition) is 2. The first-order valence-corrected chi connectivity index (χ1v) is 6.34. The lowest BCUT2D eigenvalue weighted by atomic mass is 9.98. The van der Waals surface area contributed by atoms with Crippen molar-refractivity contribution in [2.75, 3.05) is 18.5 Å². The lowest BCUT2D eigenvalue weighted by molar-refractivity contribution is -0.384. The van der Waals surface area contributed by atoms with Gasteiger partial charge in [0.2, 0.25) is 0 Å². The highest BCUT2D eigenvalue weighted by Crippen LogP contribution is 2.37. The number of nitrogens with one attached hydrogen (secondary N) is 1. The third-order valence-electron chi connectivity index (χ3n) is 3.03. The first-order valence-electron chi connectivity index (χ1n) is 5.58. The standard InChI is InChI=1S/C11H10Cl2N2O5/c12-7-3-6(15(18)19)4-8(13)9(7)14-11(10(16)17)1-2-20-5-11/h3-4,14H,1-2,5H2,(H,16,17). The number of ether oxygens (including phenoxy) is 1. The average molecular weight is 321 g/mol. The van der Waals surface area contributed by atoms with Crippen molar-refractivity contribution in [2.24, 2.45) is 0 Å². The number of non-ortho nitro benzene ring substituents is 1. The van der Waals surface area contributed by atoms with Gasteiger partial charge in [-0.1, -0.05) is 23.2 Å². The molecule has 0 aromatic heterocycles. The monoisotopic (exact) mass is 320 g/mol. The molecule has 1 aliphatic heterocycles. The SMILES string of the molecule is O=C(O)C1(Nc2c(Cl)cc([N+](=O)[O-])cc2Cl)CCOC1. The van der Waals surface area contributed by atoms with E-state index < -0.39 is 16.4 Å². The van der Waals surface area contributed by atoms with Gasteiger partial charge >= 0.3 is 5.97 Å². The van der Waals surface area contributed by atoms with E-state index in [9.17, 15) is 20.0 Å². The van der Waals surface area contributed by atoms with Crippen molar-refractivity contribution >= 4 is 40.5 Å². The number of carbonyl (C=O) groups is 1. The van der Waals surface area contributed by atoms with Crippen molar-refractivity contribution < 1.29 is 19.6 Å². The van der Waals surface area contributed by atoms with Crippen LogP contribution in [-0.2, 0) is 9.53 Å². The Bertz CT molecular complexity index is 549. The Labute approximate surface area is 123 Å². The minimum Gasteiger partial charge on any atom is -0.479 e. The van der Waals surface area contributed by atoms with Gasteiger partial charge in [-0.05, 0) is 0 Å². The molecule has 1 atom stereocenters. The van der Waals surface area contributed by atoms with Gasteiger partial charge < -0.3 is 15.2 Å². The smallest absolute Gasteiger partial charge is 0.331 e. The van der Waals surface area contributed by atoms with Gasteiger partial charge in [-0.3, -0.25) is 10.1 Å². The van der Waals surface area contributed by atoms with Gasteiger partial charge in [0, 0.05) is 25.2 Å². The van der Waals surface area contributed by atoms with Crippen molar-refractivity contribution in [3.8, 4) is 0 Å². The average Bonchev–Trinajstić information content (AvgIpc) is 2.83. The summed E-state index contributed by atoms with van der Waals surface area (Å²) in [5.74, 6) is -1.10. The topological polar surface area (TPSA) is 102 Å². The summed E-state index contributed by atoms with van der Waals surface area (Å²) in [7, 11) is 0. The van der Waals surface area contributed by atoms with E-state index in [0.29, 0.717) is 6.61 Å². The zero-order chi connectivity index (χ0) is 14.9. The zero-order valence-electron chi connectivity index (χ0n) is 10.1. The van der Waals surface area contributed by atoms with Crippen molar-refractivity contribution in [3.63, 3.8) is 0 Å². The van der Waals surface area contributed by atoms with E-state index in [-0.39, 0.29) is 34.4 Å². The molecule has 0 radical (unpaired) electrons. The van der Waals surface area contributed by atoms with E-state index in [2.05, 4.69) is 5.32 Å². The van der Waals surface area contributed by atoms with Crippen LogP contribution in [0.1, 0.15) is 6.42 Å². The van der Waals surface area contributed by atoms with Crippen LogP contribution in [0.4, 0.5) is 11.4 Å². The molecule has 20 heavy (non-hydrogen) atoms. The summed E-state index contributed by atoms with van der Waals surface area (Å²) in [4.78, 5) is 21.4. The summed E-state index contributed by atoms with van der Waals surface area (Å²) in [6.45, 7) is 0.257. The zero-order valence-corrected chi connectivity index (χ0v) is 11.6. The van der Waals surface area contributed by atoms with E-state index in [1.807, 2.05) is 0 Å². The molecule has 1 unspecified atom stereocenters. The molecule has 0 saturated carbocycles. The Kier molecular flexibility index (Phi) is 4.03. The van der Waals surface area contributed by atoms with Crippen LogP contribution < -0.4 is 5.32 Å². The lowest BCUT2D eigenvalue weighted by Gasteiger charge is -2.26. The van der Waals surface area contributed by atoms with E-state index >= 15 is 0 Å². The van der Waals surface area contributed by atoms with Crippen LogP contribution in [0, 0.1) is 10.1 Å². The van der Waals surface area contributed by atoms with Crippen LogP contribution in [0.5, 0.6) is 0 Å². The van der Waals surface area contributed by atoms with Crippen molar-refractivity contribution in [3.05, 3.63) is 32.3 Å². The van der Waals surface area contributed by atoms with Crippen LogP contribution in [0.2, 0.25) is 10.0 Å². The molecule has 9 heteroatoms. The first kappa shape index (κ1) is 14.8. The number of carboxylic acid groups (broad SMARTS) is 1. The van der Waals surface area contributed by atoms with Crippen LogP contribution >= 0.6 is 23.2 Å². The molecule has 0 spiro atoms. The largest absolute Gasteiger partial charge is 0.479 e. The Morgan fingerprint density at radius 2 is 2.05 bits per heavy atom. The second kappa shape index (κ2) is 5.43. The van der Waals surface area contributed by atoms with Crippen molar-refractivity contribution in [2.45, 2.75) is 12.0 Å². The molecule has 0 aliphatic carbocycles. The molecule has 1 aliphatic rings. The van der Waals surface area contributed by atoms with Crippen LogP contribution in [0.15, 0.2) is 12.1 Å². The summed E-state index contributed by atoms with van der Waals surface area (Å²) in [6.07, 6.45) is 0.242. The normalized spacial score (nSPS) is 21.7. The molecule has 7 nitrogen and oxygen atoms in total. The van der Waals surface area contributed by atoms with Gasteiger partial charge in [-0.2, -0.15) is 0 Å². The van der Waals surface area contributed by atoms with Crippen LogP contribution in [0.25, 0.3) is 0 Å². The molecule has 1 heterocycles. The molecular formula is C11H10Cl2N2O5. The van der Waals surface area contributed by atoms with Crippen LogP contribution in [0.3, 0.4) is 0 Å². The molecule has 1 saturated heterocycles. The summed E-state index contributed by atoms with van der Waals surface area (Å²) >= 11 is 11.9. The van der Waals surface area contributed by atoms with Crippen LogP contribution in [-0.4, -0.2) is 34.8 Å². The number of nitro benzene ring substituents is 1. The molecule has 1 aromatic carbocycles. The van der Waals surface area contributed by atoms with Crippen molar-refractivity contribution in [1.82, 2.24) is 0 Å². The number of anilines is 1. The fourth-order valence-electron chi connectivity index (χ4n) is 1.91. The number of halogens is 2. The molecule has 108 valence electrons. The Morgan fingerprint density at radius 3 is 2.45 bits per heavy atom. The third kappa shape index (κ3) is 2.65. The number of nitrogens with zero attached hydrogens (tertiary/aromatic N) is 1. The highest BCUT2D eigenvalue weighted by Gasteiger charge is 2.43. The first-order chi connectivity index (χ1) is 9.35. The molecule has 2 N–H and O–H groups in total. The maximum Gasteiger partial charge on any atom is 0.331 e. The summed E-state index contributed by atoms with van der Waals surface area (Å²) in [5, 5.41) is 22.7. The van der Waals surface area contributed by atoms with E-state index in [0.717, 1.165) is 12.1 Å². The van der Waals surface area contributed by atoms with Gasteiger partial charge in [0.15, 0.2) is 5.54 Å². The number of rotatable bonds is 4.